The minimum Gasteiger partial charge on any atom is -0.456 e. The Labute approximate surface area is 92.3 Å². The van der Waals surface area contributed by atoms with Crippen LogP contribution in [0.15, 0.2) is 35.0 Å². The summed E-state index contributed by atoms with van der Waals surface area (Å²) < 4.78 is 5.61. The van der Waals surface area contributed by atoms with Gasteiger partial charge in [0.1, 0.15) is 19.0 Å². The van der Waals surface area contributed by atoms with Crippen LogP contribution >= 0.6 is 11.6 Å². The Morgan fingerprint density at radius 3 is 3.00 bits per heavy atom. The highest BCUT2D eigenvalue weighted by molar-refractivity contribution is 6.43. The van der Waals surface area contributed by atoms with E-state index in [0.29, 0.717) is 16.1 Å². The van der Waals surface area contributed by atoms with E-state index >= 15 is 0 Å². The van der Waals surface area contributed by atoms with Crippen LogP contribution in [0.1, 0.15) is 0 Å². The maximum absolute atomic E-state index is 5.90. The summed E-state index contributed by atoms with van der Waals surface area (Å²) in [6.45, 7) is 0. The number of halogens is 1. The van der Waals surface area contributed by atoms with Crippen LogP contribution in [-0.2, 0) is 0 Å². The lowest BCUT2D eigenvalue weighted by Gasteiger charge is -1.96. The first-order chi connectivity index (χ1) is 7.25. The number of nitrogens with zero attached hydrogens (tertiary/aromatic N) is 1. The van der Waals surface area contributed by atoms with E-state index in [0.717, 1.165) is 16.4 Å². The maximum atomic E-state index is 5.90. The second kappa shape index (κ2) is 3.01. The molecule has 2 nitrogen and oxygen atoms in total. The van der Waals surface area contributed by atoms with E-state index < -0.39 is 0 Å². The molecule has 0 saturated heterocycles. The molecule has 4 heteroatoms. The van der Waals surface area contributed by atoms with E-state index in [-0.39, 0.29) is 0 Å². The molecule has 0 amide bonds. The van der Waals surface area contributed by atoms with Gasteiger partial charge in [-0.2, -0.15) is 0 Å². The van der Waals surface area contributed by atoms with Gasteiger partial charge in [0.05, 0.1) is 0 Å². The van der Waals surface area contributed by atoms with Crippen LogP contribution < -0.4 is 5.46 Å². The van der Waals surface area contributed by atoms with E-state index in [2.05, 4.69) is 4.98 Å². The van der Waals surface area contributed by atoms with Gasteiger partial charge in [-0.15, -0.1) is 0 Å². The average Bonchev–Trinajstić information content (AvgIpc) is 2.54. The first-order valence-corrected chi connectivity index (χ1v) is 4.85. The Hall–Kier alpha value is -1.48. The number of furan rings is 1. The van der Waals surface area contributed by atoms with Gasteiger partial charge in [0.15, 0.2) is 0 Å². The van der Waals surface area contributed by atoms with Crippen molar-refractivity contribution in [3.63, 3.8) is 0 Å². The van der Waals surface area contributed by atoms with Crippen LogP contribution in [0.3, 0.4) is 0 Å². The van der Waals surface area contributed by atoms with Crippen molar-refractivity contribution in [2.45, 2.75) is 0 Å². The van der Waals surface area contributed by atoms with Crippen molar-refractivity contribution < 1.29 is 4.42 Å². The summed E-state index contributed by atoms with van der Waals surface area (Å²) in [7, 11) is 5.90. The second-order valence-electron chi connectivity index (χ2n) is 3.34. The lowest BCUT2D eigenvalue weighted by molar-refractivity contribution is 0.668. The van der Waals surface area contributed by atoms with E-state index in [1.54, 1.807) is 24.5 Å². The minimum absolute atomic E-state index is 0.576. The number of aromatic nitrogens is 1. The summed E-state index contributed by atoms with van der Waals surface area (Å²) >= 11 is 5.90. The fourth-order valence-electron chi connectivity index (χ4n) is 1.75. The largest absolute Gasteiger partial charge is 0.456 e. The summed E-state index contributed by atoms with van der Waals surface area (Å²) in [6, 6.07) is 5.28. The molecule has 2 radical (unpaired) electrons. The summed E-state index contributed by atoms with van der Waals surface area (Å²) in [5.74, 6) is 0. The molecule has 0 aliphatic carbocycles. The lowest BCUT2D eigenvalue weighted by Crippen LogP contribution is -2.02. The molecule has 0 spiro atoms. The van der Waals surface area contributed by atoms with Crippen LogP contribution in [-0.4, -0.2) is 12.8 Å². The fourth-order valence-corrected chi connectivity index (χ4v) is 1.96. The Bertz CT molecular complexity index is 662. The summed E-state index contributed by atoms with van der Waals surface area (Å²) in [5.41, 5.74) is 2.08. The normalized spacial score (nSPS) is 11.3. The van der Waals surface area contributed by atoms with Gasteiger partial charge >= 0.3 is 0 Å². The molecule has 1 aromatic carbocycles. The number of hydrogen-bond donors (Lipinski definition) is 0. The molecule has 0 N–H and O–H groups in total. The lowest BCUT2D eigenvalue weighted by atomic mass is 9.91. The van der Waals surface area contributed by atoms with Gasteiger partial charge in [-0.1, -0.05) is 17.1 Å². The Kier molecular flexibility index (Phi) is 1.76. The standard InChI is InChI=1S/C11H5BClNO/c12-8-3-6(13)4-10-11(8)7-5-14-2-1-9(7)15-10/h1-5H. The molecule has 2 heterocycles. The van der Waals surface area contributed by atoms with E-state index in [1.165, 1.54) is 0 Å². The molecule has 3 aromatic rings. The first-order valence-electron chi connectivity index (χ1n) is 4.47. The Balaban J connectivity index is 2.61. The second-order valence-corrected chi connectivity index (χ2v) is 3.78. The molecule has 3 rings (SSSR count). The van der Waals surface area contributed by atoms with Crippen LogP contribution in [0.2, 0.25) is 5.02 Å². The highest BCUT2D eigenvalue weighted by Crippen LogP contribution is 2.27. The zero-order chi connectivity index (χ0) is 10.4. The zero-order valence-electron chi connectivity index (χ0n) is 7.70. The first kappa shape index (κ1) is 8.80. The topological polar surface area (TPSA) is 26.0 Å². The fraction of sp³-hybridized carbons (Fsp3) is 0. The zero-order valence-corrected chi connectivity index (χ0v) is 8.45. The van der Waals surface area contributed by atoms with Crippen molar-refractivity contribution in [3.05, 3.63) is 35.6 Å². The third-order valence-corrected chi connectivity index (χ3v) is 2.59. The van der Waals surface area contributed by atoms with E-state index in [4.69, 9.17) is 23.9 Å². The maximum Gasteiger partial charge on any atom is 0.138 e. The van der Waals surface area contributed by atoms with Crippen molar-refractivity contribution in [2.24, 2.45) is 0 Å². The Morgan fingerprint density at radius 1 is 1.27 bits per heavy atom. The predicted molar refractivity (Wildman–Crippen MR) is 61.9 cm³/mol. The van der Waals surface area contributed by atoms with Gasteiger partial charge in [-0.25, -0.2) is 0 Å². The van der Waals surface area contributed by atoms with Crippen molar-refractivity contribution in [1.82, 2.24) is 4.98 Å². The summed E-state index contributed by atoms with van der Waals surface area (Å²) in [6.07, 6.45) is 3.42. The van der Waals surface area contributed by atoms with E-state index in [1.807, 2.05) is 6.07 Å². The molecule has 0 aliphatic heterocycles. The molecule has 0 atom stereocenters. The SMILES string of the molecule is [B]c1cc(Cl)cc2oc3ccncc3c12. The molecule has 0 fully saturated rings. The smallest absolute Gasteiger partial charge is 0.138 e. The van der Waals surface area contributed by atoms with Gasteiger partial charge < -0.3 is 4.42 Å². The van der Waals surface area contributed by atoms with Crippen LogP contribution in [0.25, 0.3) is 21.9 Å². The van der Waals surface area contributed by atoms with Gasteiger partial charge in [0.25, 0.3) is 0 Å². The van der Waals surface area contributed by atoms with Gasteiger partial charge in [-0.05, 0) is 18.2 Å². The molecule has 0 aliphatic rings. The summed E-state index contributed by atoms with van der Waals surface area (Å²) in [5, 5.41) is 2.37. The molecule has 2 aromatic heterocycles. The van der Waals surface area contributed by atoms with Crippen molar-refractivity contribution in [2.75, 3.05) is 0 Å². The van der Waals surface area contributed by atoms with Crippen molar-refractivity contribution >= 4 is 46.8 Å². The predicted octanol–water partition coefficient (Wildman–Crippen LogP) is 2.43. The van der Waals surface area contributed by atoms with Crippen LogP contribution in [0, 0.1) is 0 Å². The highest BCUT2D eigenvalue weighted by Gasteiger charge is 2.09. The summed E-state index contributed by atoms with van der Waals surface area (Å²) in [4.78, 5) is 4.05. The quantitative estimate of drug-likeness (QED) is 0.536. The number of rotatable bonds is 0. The molecule has 0 saturated carbocycles. The van der Waals surface area contributed by atoms with Crippen LogP contribution in [0.4, 0.5) is 0 Å². The van der Waals surface area contributed by atoms with Gasteiger partial charge in [0, 0.05) is 28.2 Å². The monoisotopic (exact) mass is 213 g/mol. The van der Waals surface area contributed by atoms with Gasteiger partial charge in [0.2, 0.25) is 0 Å². The number of hydrogen-bond acceptors (Lipinski definition) is 2. The Morgan fingerprint density at radius 2 is 2.13 bits per heavy atom. The average molecular weight is 213 g/mol. The molecule has 70 valence electrons. The molecule has 15 heavy (non-hydrogen) atoms. The molecular weight excluding hydrogens is 208 g/mol. The third kappa shape index (κ3) is 1.23. The molecule has 0 unspecified atom stereocenters. The van der Waals surface area contributed by atoms with Crippen LogP contribution in [0.5, 0.6) is 0 Å². The minimum atomic E-state index is 0.576. The number of fused-ring (bicyclic) bond motifs is 3. The highest BCUT2D eigenvalue weighted by atomic mass is 35.5. The molecule has 0 bridgehead atoms. The van der Waals surface area contributed by atoms with Crippen molar-refractivity contribution in [3.8, 4) is 0 Å². The van der Waals surface area contributed by atoms with Gasteiger partial charge in [-0.3, -0.25) is 4.98 Å². The third-order valence-electron chi connectivity index (χ3n) is 2.37. The van der Waals surface area contributed by atoms with E-state index in [9.17, 15) is 0 Å². The molecular formula is C11H5BClNO. The number of benzene rings is 1. The number of pyridine rings is 1. The van der Waals surface area contributed by atoms with Crippen molar-refractivity contribution in [1.29, 1.82) is 0 Å².